The second-order valence-corrected chi connectivity index (χ2v) is 5.34. The van der Waals surface area contributed by atoms with Gasteiger partial charge < -0.3 is 4.74 Å². The summed E-state index contributed by atoms with van der Waals surface area (Å²) in [7, 11) is 3.91. The van der Waals surface area contributed by atoms with Crippen LogP contribution in [-0.4, -0.2) is 31.1 Å². The van der Waals surface area contributed by atoms with Crippen molar-refractivity contribution in [3.63, 3.8) is 0 Å². The van der Waals surface area contributed by atoms with E-state index in [9.17, 15) is 0 Å². The minimum atomic E-state index is 0. The van der Waals surface area contributed by atoms with Crippen LogP contribution in [0.15, 0.2) is 35.9 Å². The second-order valence-electron chi connectivity index (χ2n) is 5.34. The van der Waals surface area contributed by atoms with Gasteiger partial charge in [-0.3, -0.25) is 4.90 Å². The van der Waals surface area contributed by atoms with E-state index in [1.54, 1.807) is 7.11 Å². The lowest BCUT2D eigenvalue weighted by molar-refractivity contribution is 0.257. The molecule has 0 radical (unpaired) electrons. The molecule has 20 heavy (non-hydrogen) atoms. The monoisotopic (exact) mass is 289 g/mol. The van der Waals surface area contributed by atoms with Gasteiger partial charge in [0.1, 0.15) is 5.75 Å². The lowest BCUT2D eigenvalue weighted by Crippen LogP contribution is -2.34. The van der Waals surface area contributed by atoms with Crippen molar-refractivity contribution in [2.24, 2.45) is 0 Å². The Hall–Kier alpha value is -1.43. The molecule has 0 N–H and O–H groups in total. The highest BCUT2D eigenvalue weighted by Crippen LogP contribution is 2.32. The van der Waals surface area contributed by atoms with Crippen molar-refractivity contribution in [3.05, 3.63) is 41.5 Å². The normalized spacial score (nSPS) is 24.2. The summed E-state index contributed by atoms with van der Waals surface area (Å²) in [6.45, 7) is 0. The molecule has 1 saturated heterocycles. The van der Waals surface area contributed by atoms with Crippen LogP contribution < -0.4 is 4.74 Å². The molecule has 0 saturated carbocycles. The molecule has 1 fully saturated rings. The number of hydrogen-bond donors (Lipinski definition) is 0. The molecule has 2 atom stereocenters. The third-order valence-electron chi connectivity index (χ3n) is 4.20. The summed E-state index contributed by atoms with van der Waals surface area (Å²) in [4.78, 5) is 2.48. The number of likely N-dealkylation sites (N-methyl/N-ethyl adjacent to an activating group) is 1. The van der Waals surface area contributed by atoms with Crippen molar-refractivity contribution in [2.45, 2.75) is 31.3 Å². The zero-order valence-corrected chi connectivity index (χ0v) is 12.7. The Labute approximate surface area is 127 Å². The third-order valence-corrected chi connectivity index (χ3v) is 4.20. The van der Waals surface area contributed by atoms with Crippen LogP contribution in [0.1, 0.15) is 24.8 Å². The van der Waals surface area contributed by atoms with E-state index in [1.165, 1.54) is 18.4 Å². The number of hydrogen-bond acceptors (Lipinski definition) is 2. The molecule has 0 spiro atoms. The molecule has 2 aliphatic rings. The SMILES string of the molecule is COc1ccc(C#CC2=CC3CCC(C2)N3C)cc1.Cl. The predicted octanol–water partition coefficient (Wildman–Crippen LogP) is 3.26. The first-order chi connectivity index (χ1) is 9.26. The van der Waals surface area contributed by atoms with Gasteiger partial charge in [-0.1, -0.05) is 17.9 Å². The van der Waals surface area contributed by atoms with Crippen molar-refractivity contribution in [3.8, 4) is 17.6 Å². The Morgan fingerprint density at radius 3 is 2.55 bits per heavy atom. The fourth-order valence-corrected chi connectivity index (χ4v) is 2.96. The maximum absolute atomic E-state index is 5.15. The molecule has 2 aliphatic heterocycles. The first kappa shape index (κ1) is 15.0. The molecule has 0 aliphatic carbocycles. The predicted molar refractivity (Wildman–Crippen MR) is 84.4 cm³/mol. The average Bonchev–Trinajstić information content (AvgIpc) is 2.68. The number of methoxy groups -OCH3 is 1. The first-order valence-electron chi connectivity index (χ1n) is 6.85. The van der Waals surface area contributed by atoms with Gasteiger partial charge in [-0.05, 0) is 50.6 Å². The number of ether oxygens (including phenoxy) is 1. The third kappa shape index (κ3) is 3.00. The van der Waals surface area contributed by atoms with Crippen molar-refractivity contribution < 1.29 is 4.74 Å². The summed E-state index contributed by atoms with van der Waals surface area (Å²) in [5.41, 5.74) is 2.36. The number of fused-ring (bicyclic) bond motifs is 2. The highest BCUT2D eigenvalue weighted by atomic mass is 35.5. The number of benzene rings is 1. The van der Waals surface area contributed by atoms with Gasteiger partial charge in [0.05, 0.1) is 7.11 Å². The van der Waals surface area contributed by atoms with Crippen LogP contribution in [0, 0.1) is 11.8 Å². The second kappa shape index (κ2) is 6.35. The molecule has 1 aromatic carbocycles. The van der Waals surface area contributed by atoms with E-state index in [2.05, 4.69) is 29.9 Å². The van der Waals surface area contributed by atoms with Crippen LogP contribution in [-0.2, 0) is 0 Å². The maximum atomic E-state index is 5.15. The molecule has 0 aromatic heterocycles. The van der Waals surface area contributed by atoms with Crippen molar-refractivity contribution in [1.29, 1.82) is 0 Å². The van der Waals surface area contributed by atoms with Crippen LogP contribution in [0.3, 0.4) is 0 Å². The first-order valence-corrected chi connectivity index (χ1v) is 6.85. The summed E-state index contributed by atoms with van der Waals surface area (Å²) in [5.74, 6) is 7.47. The molecule has 2 nitrogen and oxygen atoms in total. The molecule has 106 valence electrons. The largest absolute Gasteiger partial charge is 0.497 e. The Bertz CT molecular complexity index is 553. The van der Waals surface area contributed by atoms with Crippen LogP contribution in [0.5, 0.6) is 5.75 Å². The highest BCUT2D eigenvalue weighted by molar-refractivity contribution is 5.85. The molecule has 1 aromatic rings. The van der Waals surface area contributed by atoms with Gasteiger partial charge in [0.2, 0.25) is 0 Å². The maximum Gasteiger partial charge on any atom is 0.118 e. The zero-order valence-electron chi connectivity index (χ0n) is 11.9. The Morgan fingerprint density at radius 2 is 1.90 bits per heavy atom. The van der Waals surface area contributed by atoms with Crippen molar-refractivity contribution in [2.75, 3.05) is 14.2 Å². The van der Waals surface area contributed by atoms with Gasteiger partial charge in [0.15, 0.2) is 0 Å². The van der Waals surface area contributed by atoms with Gasteiger partial charge >= 0.3 is 0 Å². The van der Waals surface area contributed by atoms with E-state index in [-0.39, 0.29) is 12.4 Å². The molecule has 0 amide bonds. The number of nitrogens with zero attached hydrogens (tertiary/aromatic N) is 1. The van der Waals surface area contributed by atoms with Crippen molar-refractivity contribution >= 4 is 12.4 Å². The quantitative estimate of drug-likeness (QED) is 0.736. The molecule has 2 heterocycles. The van der Waals surface area contributed by atoms with E-state index in [1.807, 2.05) is 24.3 Å². The molecular weight excluding hydrogens is 270 g/mol. The summed E-state index contributed by atoms with van der Waals surface area (Å²) in [6, 6.07) is 9.24. The summed E-state index contributed by atoms with van der Waals surface area (Å²) in [5, 5.41) is 0. The highest BCUT2D eigenvalue weighted by Gasteiger charge is 2.33. The van der Waals surface area contributed by atoms with Crippen LogP contribution in [0.4, 0.5) is 0 Å². The molecule has 2 unspecified atom stereocenters. The zero-order chi connectivity index (χ0) is 13.2. The average molecular weight is 290 g/mol. The van der Waals surface area contributed by atoms with Gasteiger partial charge in [0.25, 0.3) is 0 Å². The molecule has 2 bridgehead atoms. The van der Waals surface area contributed by atoms with E-state index < -0.39 is 0 Å². The van der Waals surface area contributed by atoms with E-state index in [4.69, 9.17) is 4.74 Å². The summed E-state index contributed by atoms with van der Waals surface area (Å²) >= 11 is 0. The Kier molecular flexibility index (Phi) is 4.75. The van der Waals surface area contributed by atoms with Gasteiger partial charge in [-0.2, -0.15) is 0 Å². The smallest absolute Gasteiger partial charge is 0.118 e. The molecule has 3 rings (SSSR count). The standard InChI is InChI=1S/C17H19NO.ClH/c1-18-15-7-8-16(18)12-14(11-15)4-3-13-5-9-17(19-2)10-6-13;/h5-6,9-11,15-16H,7-8,12H2,1-2H3;1H. The fourth-order valence-electron chi connectivity index (χ4n) is 2.96. The minimum Gasteiger partial charge on any atom is -0.497 e. The lowest BCUT2D eigenvalue weighted by Gasteiger charge is -2.28. The van der Waals surface area contributed by atoms with E-state index in [0.717, 1.165) is 17.7 Å². The molecular formula is C17H20ClNO. The number of halogens is 1. The fraction of sp³-hybridized carbons (Fsp3) is 0.412. The van der Waals surface area contributed by atoms with Gasteiger partial charge in [0, 0.05) is 23.2 Å². The van der Waals surface area contributed by atoms with Crippen LogP contribution in [0.2, 0.25) is 0 Å². The summed E-state index contributed by atoms with van der Waals surface area (Å²) < 4.78 is 5.15. The lowest BCUT2D eigenvalue weighted by atomic mass is 10.0. The van der Waals surface area contributed by atoms with E-state index in [0.29, 0.717) is 12.1 Å². The number of rotatable bonds is 1. The summed E-state index contributed by atoms with van der Waals surface area (Å²) in [6.07, 6.45) is 6.05. The van der Waals surface area contributed by atoms with Crippen molar-refractivity contribution in [1.82, 2.24) is 4.90 Å². The molecule has 3 heteroatoms. The topological polar surface area (TPSA) is 12.5 Å². The van der Waals surface area contributed by atoms with Crippen LogP contribution >= 0.6 is 12.4 Å². The van der Waals surface area contributed by atoms with Gasteiger partial charge in [-0.25, -0.2) is 0 Å². The van der Waals surface area contributed by atoms with Crippen LogP contribution in [0.25, 0.3) is 0 Å². The Balaban J connectivity index is 0.00000147. The van der Waals surface area contributed by atoms with E-state index >= 15 is 0 Å². The minimum absolute atomic E-state index is 0. The Morgan fingerprint density at radius 1 is 1.15 bits per heavy atom. The van der Waals surface area contributed by atoms with Gasteiger partial charge in [-0.15, -0.1) is 12.4 Å².